The summed E-state index contributed by atoms with van der Waals surface area (Å²) < 4.78 is 0. The predicted molar refractivity (Wildman–Crippen MR) is 57.2 cm³/mol. The van der Waals surface area contributed by atoms with Gasteiger partial charge in [0.15, 0.2) is 0 Å². The third-order valence-corrected chi connectivity index (χ3v) is 2.28. The molecular formula is C11H9ClN2. The van der Waals surface area contributed by atoms with Crippen molar-refractivity contribution in [1.82, 2.24) is 10.2 Å². The minimum atomic E-state index is 0.700. The zero-order valence-corrected chi connectivity index (χ0v) is 8.49. The molecule has 0 saturated heterocycles. The van der Waals surface area contributed by atoms with Crippen molar-refractivity contribution in [3.63, 3.8) is 0 Å². The Bertz CT molecular complexity index is 437. The van der Waals surface area contributed by atoms with E-state index >= 15 is 0 Å². The van der Waals surface area contributed by atoms with Crippen LogP contribution < -0.4 is 0 Å². The van der Waals surface area contributed by atoms with Crippen LogP contribution in [-0.4, -0.2) is 10.2 Å². The number of aromatic nitrogens is 2. The molecule has 1 aromatic heterocycles. The van der Waals surface area contributed by atoms with Gasteiger partial charge in [0.25, 0.3) is 0 Å². The summed E-state index contributed by atoms with van der Waals surface area (Å²) in [5, 5.41) is 8.76. The Morgan fingerprint density at radius 2 is 1.79 bits per heavy atom. The predicted octanol–water partition coefficient (Wildman–Crippen LogP) is 3.11. The van der Waals surface area contributed by atoms with E-state index in [4.69, 9.17) is 11.6 Å². The van der Waals surface area contributed by atoms with Crippen molar-refractivity contribution >= 4 is 11.6 Å². The summed E-state index contributed by atoms with van der Waals surface area (Å²) >= 11 is 6.03. The summed E-state index contributed by atoms with van der Waals surface area (Å²) in [6.45, 7) is 1.91. The molecule has 0 bridgehead atoms. The Labute approximate surface area is 87.6 Å². The number of rotatable bonds is 1. The van der Waals surface area contributed by atoms with E-state index in [0.717, 1.165) is 17.0 Å². The van der Waals surface area contributed by atoms with E-state index < -0.39 is 0 Å². The number of hydrogen-bond acceptors (Lipinski definition) is 2. The molecule has 0 spiro atoms. The van der Waals surface area contributed by atoms with Crippen molar-refractivity contribution in [2.45, 2.75) is 6.92 Å². The van der Waals surface area contributed by atoms with E-state index in [9.17, 15) is 0 Å². The van der Waals surface area contributed by atoms with Crippen molar-refractivity contribution in [3.8, 4) is 11.3 Å². The molecule has 0 aliphatic carbocycles. The number of aryl methyl sites for hydroxylation is 1. The molecule has 0 aliphatic rings. The van der Waals surface area contributed by atoms with Crippen LogP contribution in [-0.2, 0) is 0 Å². The van der Waals surface area contributed by atoms with Gasteiger partial charge >= 0.3 is 0 Å². The molecule has 0 unspecified atom stereocenters. The molecule has 70 valence electrons. The van der Waals surface area contributed by atoms with E-state index in [1.54, 1.807) is 0 Å². The van der Waals surface area contributed by atoms with Crippen LogP contribution in [0.5, 0.6) is 0 Å². The van der Waals surface area contributed by atoms with Gasteiger partial charge in [0, 0.05) is 5.56 Å². The maximum atomic E-state index is 6.03. The lowest BCUT2D eigenvalue weighted by Crippen LogP contribution is -1.89. The molecule has 1 heterocycles. The van der Waals surface area contributed by atoms with Crippen molar-refractivity contribution in [1.29, 1.82) is 0 Å². The molecule has 0 amide bonds. The largest absolute Gasteiger partial charge is 0.155 e. The summed E-state index contributed by atoms with van der Waals surface area (Å²) in [5.41, 5.74) is 2.63. The van der Waals surface area contributed by atoms with Crippen molar-refractivity contribution < 1.29 is 0 Å². The molecule has 0 atom stereocenters. The van der Waals surface area contributed by atoms with Crippen LogP contribution in [0.15, 0.2) is 36.4 Å². The quantitative estimate of drug-likeness (QED) is 0.714. The third-order valence-electron chi connectivity index (χ3n) is 1.95. The Morgan fingerprint density at radius 3 is 2.43 bits per heavy atom. The van der Waals surface area contributed by atoms with E-state index in [-0.39, 0.29) is 0 Å². The van der Waals surface area contributed by atoms with Crippen molar-refractivity contribution in [2.75, 3.05) is 0 Å². The van der Waals surface area contributed by atoms with E-state index in [1.165, 1.54) is 0 Å². The highest BCUT2D eigenvalue weighted by Gasteiger charge is 2.03. The van der Waals surface area contributed by atoms with E-state index in [1.807, 2.05) is 43.3 Å². The Hall–Kier alpha value is -1.41. The van der Waals surface area contributed by atoms with Gasteiger partial charge in [-0.2, -0.15) is 10.2 Å². The number of halogens is 1. The van der Waals surface area contributed by atoms with Crippen LogP contribution in [0.4, 0.5) is 0 Å². The third kappa shape index (κ3) is 1.75. The molecule has 14 heavy (non-hydrogen) atoms. The van der Waals surface area contributed by atoms with Crippen molar-refractivity contribution in [2.24, 2.45) is 0 Å². The lowest BCUT2D eigenvalue weighted by Gasteiger charge is -2.01. The van der Waals surface area contributed by atoms with Crippen LogP contribution >= 0.6 is 11.6 Å². The summed E-state index contributed by atoms with van der Waals surface area (Å²) in [6.07, 6.45) is 0. The topological polar surface area (TPSA) is 25.8 Å². The second kappa shape index (κ2) is 3.76. The fourth-order valence-corrected chi connectivity index (χ4v) is 1.44. The average Bonchev–Trinajstić information content (AvgIpc) is 2.20. The van der Waals surface area contributed by atoms with Gasteiger partial charge in [-0.25, -0.2) is 0 Å². The lowest BCUT2D eigenvalue weighted by molar-refractivity contribution is 0.987. The smallest absolute Gasteiger partial charge is 0.0944 e. The highest BCUT2D eigenvalue weighted by molar-refractivity contribution is 6.33. The van der Waals surface area contributed by atoms with E-state index in [2.05, 4.69) is 10.2 Å². The zero-order valence-electron chi connectivity index (χ0n) is 7.74. The van der Waals surface area contributed by atoms with Gasteiger partial charge in [-0.15, -0.1) is 0 Å². The molecule has 0 saturated carbocycles. The highest BCUT2D eigenvalue weighted by atomic mass is 35.5. The van der Waals surface area contributed by atoms with Crippen LogP contribution in [0, 0.1) is 6.92 Å². The number of nitrogens with zero attached hydrogens (tertiary/aromatic N) is 2. The van der Waals surface area contributed by atoms with Crippen LogP contribution in [0.2, 0.25) is 5.02 Å². The zero-order chi connectivity index (χ0) is 9.97. The summed E-state index contributed by atoms with van der Waals surface area (Å²) in [7, 11) is 0. The first-order valence-electron chi connectivity index (χ1n) is 4.32. The van der Waals surface area contributed by atoms with E-state index in [0.29, 0.717) is 5.02 Å². The second-order valence-electron chi connectivity index (χ2n) is 3.04. The first kappa shape index (κ1) is 9.16. The Kier molecular flexibility index (Phi) is 2.46. The van der Waals surface area contributed by atoms with Gasteiger partial charge in [0.1, 0.15) is 0 Å². The SMILES string of the molecule is Cc1ccc(-c2ccccc2Cl)nn1. The Morgan fingerprint density at radius 1 is 1.00 bits per heavy atom. The molecule has 0 radical (unpaired) electrons. The molecule has 2 rings (SSSR count). The molecule has 3 heteroatoms. The molecule has 0 N–H and O–H groups in total. The number of hydrogen-bond donors (Lipinski definition) is 0. The van der Waals surface area contributed by atoms with Crippen LogP contribution in [0.1, 0.15) is 5.69 Å². The first-order valence-corrected chi connectivity index (χ1v) is 4.70. The normalized spacial score (nSPS) is 10.1. The number of benzene rings is 1. The minimum absolute atomic E-state index is 0.700. The molecule has 2 aromatic rings. The molecule has 0 fully saturated rings. The standard InChI is InChI=1S/C11H9ClN2/c1-8-6-7-11(14-13-8)9-4-2-3-5-10(9)12/h2-7H,1H3. The van der Waals surface area contributed by atoms with Gasteiger partial charge in [-0.3, -0.25) is 0 Å². The monoisotopic (exact) mass is 204 g/mol. The molecule has 0 aliphatic heterocycles. The van der Waals surface area contributed by atoms with Gasteiger partial charge in [0.2, 0.25) is 0 Å². The minimum Gasteiger partial charge on any atom is -0.155 e. The molecule has 2 nitrogen and oxygen atoms in total. The van der Waals surface area contributed by atoms with Crippen LogP contribution in [0.3, 0.4) is 0 Å². The maximum absolute atomic E-state index is 6.03. The maximum Gasteiger partial charge on any atom is 0.0944 e. The summed E-state index contributed by atoms with van der Waals surface area (Å²) in [5.74, 6) is 0. The lowest BCUT2D eigenvalue weighted by atomic mass is 10.1. The summed E-state index contributed by atoms with van der Waals surface area (Å²) in [6, 6.07) is 11.4. The van der Waals surface area contributed by atoms with Gasteiger partial charge in [-0.05, 0) is 25.1 Å². The summed E-state index contributed by atoms with van der Waals surface area (Å²) in [4.78, 5) is 0. The molecule has 1 aromatic carbocycles. The second-order valence-corrected chi connectivity index (χ2v) is 3.45. The molecular weight excluding hydrogens is 196 g/mol. The highest BCUT2D eigenvalue weighted by Crippen LogP contribution is 2.24. The fourth-order valence-electron chi connectivity index (χ4n) is 1.21. The van der Waals surface area contributed by atoms with Gasteiger partial charge < -0.3 is 0 Å². The van der Waals surface area contributed by atoms with Gasteiger partial charge in [-0.1, -0.05) is 29.8 Å². The Balaban J connectivity index is 2.50. The van der Waals surface area contributed by atoms with Gasteiger partial charge in [0.05, 0.1) is 16.4 Å². The van der Waals surface area contributed by atoms with Crippen LogP contribution in [0.25, 0.3) is 11.3 Å². The van der Waals surface area contributed by atoms with Crippen molar-refractivity contribution in [3.05, 3.63) is 47.1 Å². The fraction of sp³-hybridized carbons (Fsp3) is 0.0909. The average molecular weight is 205 g/mol. The first-order chi connectivity index (χ1) is 6.77.